The van der Waals surface area contributed by atoms with Crippen LogP contribution in [0.4, 0.5) is 5.82 Å². The summed E-state index contributed by atoms with van der Waals surface area (Å²) in [6.45, 7) is 4.91. The van der Waals surface area contributed by atoms with Crippen molar-refractivity contribution < 1.29 is 14.3 Å². The van der Waals surface area contributed by atoms with Gasteiger partial charge in [0.25, 0.3) is 0 Å². The normalized spacial score (nSPS) is 18.9. The summed E-state index contributed by atoms with van der Waals surface area (Å²) < 4.78 is 10.8. The highest BCUT2D eigenvalue weighted by Crippen LogP contribution is 2.14. The van der Waals surface area contributed by atoms with Gasteiger partial charge in [0.1, 0.15) is 11.9 Å². The van der Waals surface area contributed by atoms with Gasteiger partial charge >= 0.3 is 6.01 Å². The molecule has 1 aromatic heterocycles. The number of carbonyl (C=O) groups excluding carboxylic acids is 1. The average molecular weight is 251 g/mol. The molecular weight excluding hydrogens is 234 g/mol. The third-order valence-corrected chi connectivity index (χ3v) is 2.57. The number of rotatable bonds is 4. The minimum atomic E-state index is -0.0902. The molecule has 0 aromatic carbocycles. The molecule has 1 saturated heterocycles. The Morgan fingerprint density at radius 2 is 2.44 bits per heavy atom. The van der Waals surface area contributed by atoms with E-state index in [2.05, 4.69) is 15.3 Å². The van der Waals surface area contributed by atoms with Crippen molar-refractivity contribution in [2.24, 2.45) is 5.92 Å². The van der Waals surface area contributed by atoms with Crippen LogP contribution in [-0.4, -0.2) is 35.2 Å². The number of carbonyl (C=O) groups is 1. The summed E-state index contributed by atoms with van der Waals surface area (Å²) in [4.78, 5) is 19.7. The fourth-order valence-corrected chi connectivity index (χ4v) is 1.49. The summed E-state index contributed by atoms with van der Waals surface area (Å²) in [7, 11) is 0. The highest BCUT2D eigenvalue weighted by molar-refractivity contribution is 5.91. The SMILES string of the molecule is CC(C)C(=O)Nc1ccnc(O[C@@H]2CCOC2)n1. The van der Waals surface area contributed by atoms with Gasteiger partial charge < -0.3 is 14.8 Å². The van der Waals surface area contributed by atoms with E-state index in [0.29, 0.717) is 19.0 Å². The second-order valence-corrected chi connectivity index (χ2v) is 4.47. The molecule has 1 fully saturated rings. The largest absolute Gasteiger partial charge is 0.458 e. The molecular formula is C12H17N3O3. The number of hydrogen-bond acceptors (Lipinski definition) is 5. The van der Waals surface area contributed by atoms with Crippen LogP contribution < -0.4 is 10.1 Å². The van der Waals surface area contributed by atoms with Crippen LogP contribution in [0.25, 0.3) is 0 Å². The molecule has 98 valence electrons. The first-order chi connectivity index (χ1) is 8.65. The van der Waals surface area contributed by atoms with Crippen molar-refractivity contribution in [1.29, 1.82) is 0 Å². The first kappa shape index (κ1) is 12.8. The second kappa shape index (κ2) is 5.77. The first-order valence-electron chi connectivity index (χ1n) is 6.03. The van der Waals surface area contributed by atoms with Gasteiger partial charge in [-0.05, 0) is 6.07 Å². The Kier molecular flexibility index (Phi) is 4.09. The lowest BCUT2D eigenvalue weighted by molar-refractivity contribution is -0.118. The number of amides is 1. The van der Waals surface area contributed by atoms with Crippen molar-refractivity contribution in [3.63, 3.8) is 0 Å². The van der Waals surface area contributed by atoms with Gasteiger partial charge in [-0.15, -0.1) is 0 Å². The third kappa shape index (κ3) is 3.40. The molecule has 0 bridgehead atoms. The highest BCUT2D eigenvalue weighted by atomic mass is 16.6. The van der Waals surface area contributed by atoms with Crippen molar-refractivity contribution in [2.75, 3.05) is 18.5 Å². The lowest BCUT2D eigenvalue weighted by Gasteiger charge is -2.11. The molecule has 1 atom stereocenters. The van der Waals surface area contributed by atoms with Gasteiger partial charge in [0.2, 0.25) is 5.91 Å². The average Bonchev–Trinajstić information content (AvgIpc) is 2.82. The van der Waals surface area contributed by atoms with Crippen LogP contribution in [0, 0.1) is 5.92 Å². The van der Waals surface area contributed by atoms with Crippen molar-refractivity contribution in [2.45, 2.75) is 26.4 Å². The molecule has 0 unspecified atom stereocenters. The maximum Gasteiger partial charge on any atom is 0.318 e. The zero-order chi connectivity index (χ0) is 13.0. The van der Waals surface area contributed by atoms with Crippen LogP contribution in [0.3, 0.4) is 0 Å². The van der Waals surface area contributed by atoms with E-state index in [-0.39, 0.29) is 23.9 Å². The lowest BCUT2D eigenvalue weighted by Crippen LogP contribution is -2.20. The number of aromatic nitrogens is 2. The van der Waals surface area contributed by atoms with Crippen molar-refractivity contribution in [3.8, 4) is 6.01 Å². The molecule has 1 aromatic rings. The van der Waals surface area contributed by atoms with Gasteiger partial charge in [-0.25, -0.2) is 4.98 Å². The standard InChI is InChI=1S/C12H17N3O3/c1-8(2)11(16)14-10-3-5-13-12(15-10)18-9-4-6-17-7-9/h3,5,8-9H,4,6-7H2,1-2H3,(H,13,14,15,16)/t9-/m1/s1. The molecule has 1 N–H and O–H groups in total. The quantitative estimate of drug-likeness (QED) is 0.871. The van der Waals surface area contributed by atoms with E-state index in [1.165, 1.54) is 0 Å². The summed E-state index contributed by atoms with van der Waals surface area (Å²) in [5.74, 6) is 0.286. The van der Waals surface area contributed by atoms with E-state index >= 15 is 0 Å². The van der Waals surface area contributed by atoms with E-state index in [1.54, 1.807) is 12.3 Å². The number of ether oxygens (including phenoxy) is 2. The Labute approximate surface area is 106 Å². The Hall–Kier alpha value is -1.69. The van der Waals surface area contributed by atoms with E-state index in [9.17, 15) is 4.79 Å². The van der Waals surface area contributed by atoms with Crippen LogP contribution >= 0.6 is 0 Å². The van der Waals surface area contributed by atoms with Crippen LogP contribution in [0.15, 0.2) is 12.3 Å². The van der Waals surface area contributed by atoms with Gasteiger partial charge in [-0.3, -0.25) is 4.79 Å². The Morgan fingerprint density at radius 1 is 1.61 bits per heavy atom. The van der Waals surface area contributed by atoms with Gasteiger partial charge in [0, 0.05) is 18.5 Å². The van der Waals surface area contributed by atoms with Gasteiger partial charge in [0.15, 0.2) is 0 Å². The Balaban J connectivity index is 1.98. The number of hydrogen-bond donors (Lipinski definition) is 1. The zero-order valence-electron chi connectivity index (χ0n) is 10.5. The molecule has 1 amide bonds. The number of nitrogens with zero attached hydrogens (tertiary/aromatic N) is 2. The summed E-state index contributed by atoms with van der Waals surface area (Å²) in [6, 6.07) is 1.91. The molecule has 1 aliphatic heterocycles. The molecule has 1 aliphatic rings. The van der Waals surface area contributed by atoms with E-state index in [0.717, 1.165) is 6.42 Å². The molecule has 2 rings (SSSR count). The zero-order valence-corrected chi connectivity index (χ0v) is 10.5. The molecule has 0 spiro atoms. The molecule has 2 heterocycles. The third-order valence-electron chi connectivity index (χ3n) is 2.57. The van der Waals surface area contributed by atoms with Crippen LogP contribution in [0.5, 0.6) is 6.01 Å². The van der Waals surface area contributed by atoms with Gasteiger partial charge in [0.05, 0.1) is 13.2 Å². The Bertz CT molecular complexity index is 417. The van der Waals surface area contributed by atoms with E-state index in [1.807, 2.05) is 13.8 Å². The first-order valence-corrected chi connectivity index (χ1v) is 6.03. The van der Waals surface area contributed by atoms with Crippen LogP contribution in [-0.2, 0) is 9.53 Å². The van der Waals surface area contributed by atoms with Crippen LogP contribution in [0.2, 0.25) is 0 Å². The molecule has 6 nitrogen and oxygen atoms in total. The minimum Gasteiger partial charge on any atom is -0.458 e. The second-order valence-electron chi connectivity index (χ2n) is 4.47. The maximum atomic E-state index is 11.5. The minimum absolute atomic E-state index is 0.000972. The van der Waals surface area contributed by atoms with Crippen molar-refractivity contribution in [3.05, 3.63) is 12.3 Å². The summed E-state index contributed by atoms with van der Waals surface area (Å²) in [5.41, 5.74) is 0. The smallest absolute Gasteiger partial charge is 0.318 e. The fourth-order valence-electron chi connectivity index (χ4n) is 1.49. The van der Waals surface area contributed by atoms with Gasteiger partial charge in [-0.1, -0.05) is 13.8 Å². The molecule has 0 saturated carbocycles. The predicted octanol–water partition coefficient (Wildman–Crippen LogP) is 1.24. The van der Waals surface area contributed by atoms with Crippen LogP contribution in [0.1, 0.15) is 20.3 Å². The lowest BCUT2D eigenvalue weighted by atomic mass is 10.2. The number of anilines is 1. The molecule has 18 heavy (non-hydrogen) atoms. The van der Waals surface area contributed by atoms with Crippen molar-refractivity contribution >= 4 is 11.7 Å². The summed E-state index contributed by atoms with van der Waals surface area (Å²) in [5, 5.41) is 2.71. The van der Waals surface area contributed by atoms with Crippen molar-refractivity contribution in [1.82, 2.24) is 9.97 Å². The Morgan fingerprint density at radius 3 is 3.11 bits per heavy atom. The number of nitrogens with one attached hydrogen (secondary N) is 1. The summed E-state index contributed by atoms with van der Waals surface area (Å²) >= 11 is 0. The molecule has 0 radical (unpaired) electrons. The molecule has 0 aliphatic carbocycles. The van der Waals surface area contributed by atoms with E-state index < -0.39 is 0 Å². The highest BCUT2D eigenvalue weighted by Gasteiger charge is 2.18. The monoisotopic (exact) mass is 251 g/mol. The van der Waals surface area contributed by atoms with Gasteiger partial charge in [-0.2, -0.15) is 4.98 Å². The maximum absolute atomic E-state index is 11.5. The topological polar surface area (TPSA) is 73.3 Å². The van der Waals surface area contributed by atoms with E-state index in [4.69, 9.17) is 9.47 Å². The molecule has 6 heteroatoms. The summed E-state index contributed by atoms with van der Waals surface area (Å²) in [6.07, 6.45) is 2.40. The predicted molar refractivity (Wildman–Crippen MR) is 65.4 cm³/mol. The fraction of sp³-hybridized carbons (Fsp3) is 0.583.